The first-order valence-corrected chi connectivity index (χ1v) is 8.11. The minimum atomic E-state index is -0.175. The molecule has 0 amide bonds. The van der Waals surface area contributed by atoms with E-state index in [0.29, 0.717) is 28.8 Å². The van der Waals surface area contributed by atoms with Crippen molar-refractivity contribution in [2.45, 2.75) is 13.0 Å². The number of hydrogen-bond acceptors (Lipinski definition) is 4. The smallest absolute Gasteiger partial charge is 0.193 e. The van der Waals surface area contributed by atoms with Gasteiger partial charge in [0.05, 0.1) is 25.8 Å². The number of nitrogens with two attached hydrogens (primary N) is 1. The Morgan fingerprint density at radius 2 is 1.84 bits per heavy atom. The van der Waals surface area contributed by atoms with Crippen molar-refractivity contribution in [3.8, 4) is 17.2 Å². The molecule has 0 aliphatic heterocycles. The summed E-state index contributed by atoms with van der Waals surface area (Å²) in [7, 11) is 3.16. The fraction of sp³-hybridized carbons (Fsp3) is 0.278. The van der Waals surface area contributed by atoms with Gasteiger partial charge in [-0.3, -0.25) is 0 Å². The van der Waals surface area contributed by atoms with Crippen LogP contribution in [0.4, 0.5) is 5.69 Å². The molecule has 0 saturated heterocycles. The van der Waals surface area contributed by atoms with Gasteiger partial charge in [-0.1, -0.05) is 23.7 Å². The zero-order valence-corrected chi connectivity index (χ0v) is 15.2. The Morgan fingerprint density at radius 1 is 1.12 bits per heavy atom. The number of para-hydroxylation sites is 1. The Balaban J connectivity index is 1.94. The van der Waals surface area contributed by atoms with Gasteiger partial charge in [-0.05, 0) is 31.2 Å². The van der Waals surface area contributed by atoms with Crippen LogP contribution in [0.2, 0.25) is 5.02 Å². The molecule has 2 rings (SSSR count). The molecule has 2 aromatic carbocycles. The van der Waals surface area contributed by atoms with Crippen molar-refractivity contribution in [2.75, 3.05) is 26.1 Å². The first-order chi connectivity index (χ1) is 12.0. The predicted molar refractivity (Wildman–Crippen MR) is 101 cm³/mol. The quantitative estimate of drug-likeness (QED) is 0.581. The van der Waals surface area contributed by atoms with Crippen molar-refractivity contribution in [3.05, 3.63) is 47.5 Å². The van der Waals surface area contributed by atoms with Crippen LogP contribution in [0.15, 0.2) is 47.5 Å². The van der Waals surface area contributed by atoms with E-state index in [-0.39, 0.29) is 12.1 Å². The molecule has 0 spiro atoms. The lowest BCUT2D eigenvalue weighted by molar-refractivity contribution is 0.230. The molecular formula is C18H22ClN3O3. The highest BCUT2D eigenvalue weighted by Gasteiger charge is 2.08. The second-order valence-corrected chi connectivity index (χ2v) is 5.69. The molecule has 1 unspecified atom stereocenters. The number of methoxy groups -OCH3 is 2. The van der Waals surface area contributed by atoms with Gasteiger partial charge in [0.15, 0.2) is 17.5 Å². The van der Waals surface area contributed by atoms with Crippen molar-refractivity contribution < 1.29 is 14.2 Å². The molecule has 1 atom stereocenters. The Hall–Kier alpha value is -2.60. The van der Waals surface area contributed by atoms with Gasteiger partial charge in [-0.25, -0.2) is 4.99 Å². The van der Waals surface area contributed by atoms with Crippen molar-refractivity contribution in [2.24, 2.45) is 10.7 Å². The zero-order valence-electron chi connectivity index (χ0n) is 14.5. The Bertz CT molecular complexity index is 737. The van der Waals surface area contributed by atoms with Gasteiger partial charge in [-0.2, -0.15) is 0 Å². The summed E-state index contributed by atoms with van der Waals surface area (Å²) in [6.45, 7) is 2.29. The largest absolute Gasteiger partial charge is 0.493 e. The molecule has 0 fully saturated rings. The number of nitrogens with zero attached hydrogens (tertiary/aromatic N) is 1. The van der Waals surface area contributed by atoms with E-state index in [0.717, 1.165) is 5.69 Å². The molecule has 25 heavy (non-hydrogen) atoms. The van der Waals surface area contributed by atoms with Gasteiger partial charge in [0.2, 0.25) is 0 Å². The summed E-state index contributed by atoms with van der Waals surface area (Å²) in [6.07, 6.45) is -0.175. The number of benzene rings is 2. The second kappa shape index (κ2) is 9.03. The van der Waals surface area contributed by atoms with E-state index < -0.39 is 0 Å². The van der Waals surface area contributed by atoms with Gasteiger partial charge in [-0.15, -0.1) is 0 Å². The summed E-state index contributed by atoms with van der Waals surface area (Å²) in [5.74, 6) is 2.15. The van der Waals surface area contributed by atoms with Crippen LogP contribution in [0, 0.1) is 0 Å². The monoisotopic (exact) mass is 363 g/mol. The highest BCUT2D eigenvalue weighted by Crippen LogP contribution is 2.29. The van der Waals surface area contributed by atoms with Gasteiger partial charge >= 0.3 is 0 Å². The minimum absolute atomic E-state index is 0.175. The molecule has 3 N–H and O–H groups in total. The number of anilines is 1. The van der Waals surface area contributed by atoms with Crippen LogP contribution in [-0.2, 0) is 0 Å². The van der Waals surface area contributed by atoms with E-state index in [9.17, 15) is 0 Å². The summed E-state index contributed by atoms with van der Waals surface area (Å²) in [5, 5.41) is 3.57. The molecule has 7 heteroatoms. The van der Waals surface area contributed by atoms with Crippen LogP contribution >= 0.6 is 11.6 Å². The van der Waals surface area contributed by atoms with E-state index in [4.69, 9.17) is 31.5 Å². The normalized spacial score (nSPS) is 12.4. The average molecular weight is 364 g/mol. The number of halogens is 1. The predicted octanol–water partition coefficient (Wildman–Crippen LogP) is 3.55. The van der Waals surface area contributed by atoms with Crippen LogP contribution in [-0.4, -0.2) is 32.8 Å². The second-order valence-electron chi connectivity index (χ2n) is 5.28. The molecule has 0 aliphatic rings. The fourth-order valence-corrected chi connectivity index (χ4v) is 2.30. The number of hydrogen-bond donors (Lipinski definition) is 2. The SMILES string of the molecule is COc1ccc(NC(N)=NCC(C)Oc2ccccc2Cl)cc1OC. The van der Waals surface area contributed by atoms with Crippen LogP contribution in [0.5, 0.6) is 17.2 Å². The number of ether oxygens (including phenoxy) is 3. The lowest BCUT2D eigenvalue weighted by Gasteiger charge is -2.14. The molecule has 0 bridgehead atoms. The van der Waals surface area contributed by atoms with E-state index in [1.54, 1.807) is 32.4 Å². The molecule has 0 aliphatic carbocycles. The van der Waals surface area contributed by atoms with Crippen molar-refractivity contribution in [3.63, 3.8) is 0 Å². The standard InChI is InChI=1S/C18H22ClN3O3/c1-12(25-15-7-5-4-6-14(15)19)11-21-18(20)22-13-8-9-16(23-2)17(10-13)24-3/h4-10,12H,11H2,1-3H3,(H3,20,21,22). The van der Waals surface area contributed by atoms with Gasteiger partial charge in [0, 0.05) is 11.8 Å². The molecular weight excluding hydrogens is 342 g/mol. The molecule has 0 saturated carbocycles. The summed E-state index contributed by atoms with van der Waals surface area (Å²) >= 11 is 6.07. The molecule has 134 valence electrons. The summed E-state index contributed by atoms with van der Waals surface area (Å²) in [4.78, 5) is 4.29. The van der Waals surface area contributed by atoms with Crippen LogP contribution in [0.3, 0.4) is 0 Å². The third-order valence-corrected chi connectivity index (χ3v) is 3.65. The summed E-state index contributed by atoms with van der Waals surface area (Å²) in [6, 6.07) is 12.7. The topological polar surface area (TPSA) is 78.1 Å². The Morgan fingerprint density at radius 3 is 2.52 bits per heavy atom. The van der Waals surface area contributed by atoms with E-state index in [2.05, 4.69) is 10.3 Å². The fourth-order valence-electron chi connectivity index (χ4n) is 2.12. The van der Waals surface area contributed by atoms with Crippen LogP contribution in [0.25, 0.3) is 0 Å². The lowest BCUT2D eigenvalue weighted by Crippen LogP contribution is -2.25. The van der Waals surface area contributed by atoms with Crippen LogP contribution in [0.1, 0.15) is 6.92 Å². The van der Waals surface area contributed by atoms with E-state index in [1.165, 1.54) is 0 Å². The number of nitrogens with one attached hydrogen (secondary N) is 1. The molecule has 2 aromatic rings. The number of guanidine groups is 1. The van der Waals surface area contributed by atoms with E-state index >= 15 is 0 Å². The van der Waals surface area contributed by atoms with Crippen molar-refractivity contribution >= 4 is 23.2 Å². The highest BCUT2D eigenvalue weighted by atomic mass is 35.5. The highest BCUT2D eigenvalue weighted by molar-refractivity contribution is 6.32. The number of aliphatic imine (C=N–C) groups is 1. The number of rotatable bonds is 7. The van der Waals surface area contributed by atoms with Crippen molar-refractivity contribution in [1.82, 2.24) is 0 Å². The maximum absolute atomic E-state index is 6.07. The molecule has 0 aromatic heterocycles. The van der Waals surface area contributed by atoms with Gasteiger partial charge < -0.3 is 25.3 Å². The van der Waals surface area contributed by atoms with Gasteiger partial charge in [0.1, 0.15) is 11.9 Å². The maximum atomic E-state index is 6.07. The first-order valence-electron chi connectivity index (χ1n) is 7.73. The van der Waals surface area contributed by atoms with Gasteiger partial charge in [0.25, 0.3) is 0 Å². The Labute approximate surface area is 152 Å². The van der Waals surface area contributed by atoms with Crippen molar-refractivity contribution in [1.29, 1.82) is 0 Å². The zero-order chi connectivity index (χ0) is 18.2. The lowest BCUT2D eigenvalue weighted by atomic mass is 10.3. The third-order valence-electron chi connectivity index (χ3n) is 3.34. The molecule has 6 nitrogen and oxygen atoms in total. The summed E-state index contributed by atoms with van der Waals surface area (Å²) < 4.78 is 16.2. The third kappa shape index (κ3) is 5.46. The average Bonchev–Trinajstić information content (AvgIpc) is 2.62. The molecule has 0 radical (unpaired) electrons. The van der Waals surface area contributed by atoms with E-state index in [1.807, 2.05) is 31.2 Å². The first kappa shape index (κ1) is 18.7. The van der Waals surface area contributed by atoms with Crippen LogP contribution < -0.4 is 25.3 Å². The maximum Gasteiger partial charge on any atom is 0.193 e. The summed E-state index contributed by atoms with van der Waals surface area (Å²) in [5.41, 5.74) is 6.67. The Kier molecular flexibility index (Phi) is 6.77. The minimum Gasteiger partial charge on any atom is -0.493 e. The molecule has 0 heterocycles.